The number of halogens is 1. The number of carbonyl (C=O) groups is 1. The maximum Gasteiger partial charge on any atom is 0.322 e. The molecule has 0 spiro atoms. The van der Waals surface area contributed by atoms with Gasteiger partial charge >= 0.3 is 5.97 Å². The first kappa shape index (κ1) is 12.6. The summed E-state index contributed by atoms with van der Waals surface area (Å²) in [7, 11) is -3.93. The highest BCUT2D eigenvalue weighted by molar-refractivity contribution is 7.92. The number of benzene rings is 1. The predicted molar refractivity (Wildman–Crippen MR) is 55.3 cm³/mol. The topological polar surface area (TPSA) is 71.4 Å². The van der Waals surface area contributed by atoms with Gasteiger partial charge in [-0.25, -0.2) is 12.8 Å². The third kappa shape index (κ3) is 2.38. The molecule has 0 radical (unpaired) electrons. The molecule has 16 heavy (non-hydrogen) atoms. The van der Waals surface area contributed by atoms with E-state index in [4.69, 9.17) is 5.11 Å². The van der Waals surface area contributed by atoms with Gasteiger partial charge in [-0.05, 0) is 30.7 Å². The van der Waals surface area contributed by atoms with Crippen LogP contribution in [0.2, 0.25) is 0 Å². The second-order valence-corrected chi connectivity index (χ2v) is 5.36. The van der Waals surface area contributed by atoms with E-state index < -0.39 is 26.9 Å². The Morgan fingerprint density at radius 2 is 1.88 bits per heavy atom. The van der Waals surface area contributed by atoms with E-state index in [9.17, 15) is 17.6 Å². The van der Waals surface area contributed by atoms with Crippen LogP contribution in [-0.2, 0) is 14.6 Å². The molecule has 88 valence electrons. The SMILES string of the molecule is CCC(C(=O)O)S(=O)(=O)c1ccc(F)cc1. The molecule has 0 aliphatic carbocycles. The molecule has 4 nitrogen and oxygen atoms in total. The van der Waals surface area contributed by atoms with Gasteiger partial charge in [-0.2, -0.15) is 0 Å². The number of aliphatic carboxylic acids is 1. The van der Waals surface area contributed by atoms with Gasteiger partial charge in [0.1, 0.15) is 5.82 Å². The van der Waals surface area contributed by atoms with E-state index in [2.05, 4.69) is 0 Å². The zero-order chi connectivity index (χ0) is 12.3. The summed E-state index contributed by atoms with van der Waals surface area (Å²) in [5, 5.41) is 7.28. The zero-order valence-electron chi connectivity index (χ0n) is 8.55. The summed E-state index contributed by atoms with van der Waals surface area (Å²) in [4.78, 5) is 10.6. The van der Waals surface area contributed by atoms with Crippen molar-refractivity contribution in [2.75, 3.05) is 0 Å². The van der Waals surface area contributed by atoms with Crippen molar-refractivity contribution < 1.29 is 22.7 Å². The third-order valence-corrected chi connectivity index (χ3v) is 4.38. The van der Waals surface area contributed by atoms with Crippen molar-refractivity contribution in [1.82, 2.24) is 0 Å². The van der Waals surface area contributed by atoms with Crippen molar-refractivity contribution in [2.45, 2.75) is 23.5 Å². The first-order chi connectivity index (χ1) is 7.39. The summed E-state index contributed by atoms with van der Waals surface area (Å²) < 4.78 is 36.2. The molecule has 0 heterocycles. The summed E-state index contributed by atoms with van der Waals surface area (Å²) in [6, 6.07) is 4.11. The van der Waals surface area contributed by atoms with Gasteiger partial charge in [0.2, 0.25) is 0 Å². The number of carboxylic acid groups (broad SMARTS) is 1. The quantitative estimate of drug-likeness (QED) is 0.816. The van der Waals surface area contributed by atoms with Gasteiger partial charge in [-0.1, -0.05) is 6.92 Å². The van der Waals surface area contributed by atoms with Crippen LogP contribution in [0.5, 0.6) is 0 Å². The molecule has 1 N–H and O–H groups in total. The Labute approximate surface area is 92.6 Å². The molecule has 0 aromatic heterocycles. The molecule has 0 fully saturated rings. The first-order valence-corrected chi connectivity index (χ1v) is 6.16. The van der Waals surface area contributed by atoms with Gasteiger partial charge < -0.3 is 5.11 Å². The Kier molecular flexibility index (Phi) is 3.64. The average Bonchev–Trinajstić information content (AvgIpc) is 2.18. The Hall–Kier alpha value is -1.43. The fourth-order valence-electron chi connectivity index (χ4n) is 1.32. The normalized spacial score (nSPS) is 13.4. The van der Waals surface area contributed by atoms with Gasteiger partial charge in [-0.15, -0.1) is 0 Å². The van der Waals surface area contributed by atoms with Crippen molar-refractivity contribution in [3.8, 4) is 0 Å². The summed E-state index contributed by atoms with van der Waals surface area (Å²) in [5.74, 6) is -1.96. The van der Waals surface area contributed by atoms with Crippen LogP contribution in [0.15, 0.2) is 29.2 Å². The minimum Gasteiger partial charge on any atom is -0.480 e. The van der Waals surface area contributed by atoms with E-state index >= 15 is 0 Å². The van der Waals surface area contributed by atoms with Gasteiger partial charge in [0, 0.05) is 0 Å². The lowest BCUT2D eigenvalue weighted by Crippen LogP contribution is -2.29. The van der Waals surface area contributed by atoms with E-state index in [0.29, 0.717) is 0 Å². The van der Waals surface area contributed by atoms with E-state index in [1.165, 1.54) is 6.92 Å². The van der Waals surface area contributed by atoms with Gasteiger partial charge in [0.25, 0.3) is 0 Å². The first-order valence-electron chi connectivity index (χ1n) is 4.62. The molecule has 0 aliphatic rings. The molecule has 1 aromatic carbocycles. The Balaban J connectivity index is 3.20. The summed E-state index contributed by atoms with van der Waals surface area (Å²) in [5.41, 5.74) is 0. The Morgan fingerprint density at radius 1 is 1.38 bits per heavy atom. The fraction of sp³-hybridized carbons (Fsp3) is 0.300. The van der Waals surface area contributed by atoms with Crippen LogP contribution < -0.4 is 0 Å². The standard InChI is InChI=1S/C10H11FO4S/c1-2-9(10(12)13)16(14,15)8-5-3-7(11)4-6-8/h3-6,9H,2H2,1H3,(H,12,13). The number of sulfone groups is 1. The largest absolute Gasteiger partial charge is 0.480 e. The maximum absolute atomic E-state index is 12.6. The molecule has 1 rings (SSSR count). The molecule has 6 heteroatoms. The molecule has 0 saturated heterocycles. The smallest absolute Gasteiger partial charge is 0.322 e. The van der Waals surface area contributed by atoms with Crippen LogP contribution in [0.4, 0.5) is 4.39 Å². The maximum atomic E-state index is 12.6. The van der Waals surface area contributed by atoms with Crippen LogP contribution in [0.25, 0.3) is 0 Å². The van der Waals surface area contributed by atoms with Crippen molar-refractivity contribution >= 4 is 15.8 Å². The number of hydrogen-bond donors (Lipinski definition) is 1. The number of carboxylic acids is 1. The second kappa shape index (κ2) is 4.61. The van der Waals surface area contributed by atoms with E-state index in [1.54, 1.807) is 0 Å². The number of rotatable bonds is 4. The Morgan fingerprint density at radius 3 is 2.25 bits per heavy atom. The second-order valence-electron chi connectivity index (χ2n) is 3.23. The molecule has 0 bridgehead atoms. The minimum atomic E-state index is -3.93. The van der Waals surface area contributed by atoms with Crippen LogP contribution in [0, 0.1) is 5.82 Å². The van der Waals surface area contributed by atoms with Crippen molar-refractivity contribution in [3.63, 3.8) is 0 Å². The van der Waals surface area contributed by atoms with Crippen molar-refractivity contribution in [1.29, 1.82) is 0 Å². The fourth-order valence-corrected chi connectivity index (χ4v) is 2.86. The molecule has 1 unspecified atom stereocenters. The molecule has 1 atom stereocenters. The molecule has 1 aromatic rings. The predicted octanol–water partition coefficient (Wildman–Crippen LogP) is 1.46. The third-order valence-electron chi connectivity index (χ3n) is 2.16. The average molecular weight is 246 g/mol. The van der Waals surface area contributed by atoms with Crippen LogP contribution >= 0.6 is 0 Å². The molecule has 0 aliphatic heterocycles. The highest BCUT2D eigenvalue weighted by Gasteiger charge is 2.32. The molecule has 0 saturated carbocycles. The molecular formula is C10H11FO4S. The highest BCUT2D eigenvalue weighted by atomic mass is 32.2. The van der Waals surface area contributed by atoms with Gasteiger partial charge in [0.15, 0.2) is 15.1 Å². The lowest BCUT2D eigenvalue weighted by Gasteiger charge is -2.11. The van der Waals surface area contributed by atoms with Crippen molar-refractivity contribution in [3.05, 3.63) is 30.1 Å². The monoisotopic (exact) mass is 246 g/mol. The van der Waals surface area contributed by atoms with Crippen LogP contribution in [-0.4, -0.2) is 24.7 Å². The van der Waals surface area contributed by atoms with Crippen LogP contribution in [0.3, 0.4) is 0 Å². The zero-order valence-corrected chi connectivity index (χ0v) is 9.37. The summed E-state index contributed by atoms with van der Waals surface area (Å²) in [6.45, 7) is 1.47. The van der Waals surface area contributed by atoms with Crippen LogP contribution in [0.1, 0.15) is 13.3 Å². The molecular weight excluding hydrogens is 235 g/mol. The van der Waals surface area contributed by atoms with E-state index in [0.717, 1.165) is 24.3 Å². The van der Waals surface area contributed by atoms with Gasteiger partial charge in [0.05, 0.1) is 4.90 Å². The van der Waals surface area contributed by atoms with E-state index in [1.807, 2.05) is 0 Å². The lowest BCUT2D eigenvalue weighted by atomic mass is 10.3. The number of hydrogen-bond acceptors (Lipinski definition) is 3. The minimum absolute atomic E-state index is 0.0327. The summed E-state index contributed by atoms with van der Waals surface area (Å²) in [6.07, 6.45) is -0.0327. The Bertz CT molecular complexity index is 478. The van der Waals surface area contributed by atoms with Gasteiger partial charge in [-0.3, -0.25) is 4.79 Å². The van der Waals surface area contributed by atoms with Crippen molar-refractivity contribution in [2.24, 2.45) is 0 Å². The summed E-state index contributed by atoms with van der Waals surface area (Å²) >= 11 is 0. The van der Waals surface area contributed by atoms with E-state index in [-0.39, 0.29) is 11.3 Å². The highest BCUT2D eigenvalue weighted by Crippen LogP contribution is 2.18. The molecule has 0 amide bonds. The lowest BCUT2D eigenvalue weighted by molar-refractivity contribution is -0.136.